The molecule has 0 amide bonds. The van der Waals surface area contributed by atoms with E-state index < -0.39 is 22.0 Å². The lowest BCUT2D eigenvalue weighted by molar-refractivity contribution is -0.0253. The summed E-state index contributed by atoms with van der Waals surface area (Å²) in [5, 5.41) is 9.86. The number of rotatable bonds is 5. The van der Waals surface area contributed by atoms with Crippen molar-refractivity contribution in [3.63, 3.8) is 0 Å². The highest BCUT2D eigenvalue weighted by Gasteiger charge is 2.39. The zero-order chi connectivity index (χ0) is 21.1. The Morgan fingerprint density at radius 2 is 1.50 bits per heavy atom. The maximum Gasteiger partial charge on any atom is 0.206 e. The summed E-state index contributed by atoms with van der Waals surface area (Å²) >= 11 is 0. The highest BCUT2D eigenvalue weighted by Crippen LogP contribution is 2.45. The van der Waals surface area contributed by atoms with Crippen molar-refractivity contribution in [2.45, 2.75) is 30.4 Å². The summed E-state index contributed by atoms with van der Waals surface area (Å²) in [4.78, 5) is 0.483. The Bertz CT molecular complexity index is 1130. The van der Waals surface area contributed by atoms with Gasteiger partial charge in [0.15, 0.2) is 0 Å². The molecule has 0 radical (unpaired) electrons. The molecule has 3 aromatic carbocycles. The maximum atomic E-state index is 13.9. The summed E-state index contributed by atoms with van der Waals surface area (Å²) in [7, 11) is -3.83. The molecule has 0 saturated carbocycles. The number of ether oxygens (including phenoxy) is 1. The molecule has 4 nitrogen and oxygen atoms in total. The first-order valence-corrected chi connectivity index (χ1v) is 11.4. The second-order valence-corrected chi connectivity index (χ2v) is 9.38. The van der Waals surface area contributed by atoms with E-state index in [2.05, 4.69) is 0 Å². The number of aliphatic hydroxyl groups is 1. The summed E-state index contributed by atoms with van der Waals surface area (Å²) in [5.74, 6) is 0. The first-order valence-electron chi connectivity index (χ1n) is 9.92. The van der Waals surface area contributed by atoms with Gasteiger partial charge in [0, 0.05) is 6.42 Å². The molecule has 0 aromatic heterocycles. The van der Waals surface area contributed by atoms with Gasteiger partial charge in [0.1, 0.15) is 6.10 Å². The van der Waals surface area contributed by atoms with Crippen LogP contribution in [-0.2, 0) is 14.6 Å². The second kappa shape index (κ2) is 8.56. The fraction of sp³-hybridized carbons (Fsp3) is 0.200. The molecule has 1 heterocycles. The summed E-state index contributed by atoms with van der Waals surface area (Å²) < 4.78 is 33.9. The van der Waals surface area contributed by atoms with Crippen LogP contribution >= 0.6 is 0 Å². The largest absolute Gasteiger partial charge is 0.394 e. The SMILES string of the molecule is Cc1ccc(S(=O)(=O)C2=C(c3ccccc3)C[C@@H](CO)O[C@@H]2c2ccccc2)cc1. The van der Waals surface area contributed by atoms with Gasteiger partial charge in [0.05, 0.1) is 22.5 Å². The monoisotopic (exact) mass is 420 g/mol. The third kappa shape index (κ3) is 3.97. The zero-order valence-electron chi connectivity index (χ0n) is 16.7. The van der Waals surface area contributed by atoms with Gasteiger partial charge in [-0.2, -0.15) is 0 Å². The van der Waals surface area contributed by atoms with Gasteiger partial charge < -0.3 is 9.84 Å². The van der Waals surface area contributed by atoms with Gasteiger partial charge in [0.2, 0.25) is 9.84 Å². The molecule has 1 N–H and O–H groups in total. The fourth-order valence-corrected chi connectivity index (χ4v) is 5.55. The minimum absolute atomic E-state index is 0.183. The van der Waals surface area contributed by atoms with Crippen LogP contribution in [0.5, 0.6) is 0 Å². The number of hydrogen-bond donors (Lipinski definition) is 1. The van der Waals surface area contributed by atoms with Gasteiger partial charge in [-0.1, -0.05) is 78.4 Å². The average Bonchev–Trinajstić information content (AvgIpc) is 2.79. The highest BCUT2D eigenvalue weighted by atomic mass is 32.2. The van der Waals surface area contributed by atoms with Gasteiger partial charge in [-0.3, -0.25) is 0 Å². The van der Waals surface area contributed by atoms with E-state index in [0.29, 0.717) is 12.0 Å². The van der Waals surface area contributed by atoms with E-state index in [4.69, 9.17) is 4.74 Å². The lowest BCUT2D eigenvalue weighted by atomic mass is 9.93. The fourth-order valence-electron chi connectivity index (χ4n) is 3.80. The smallest absolute Gasteiger partial charge is 0.206 e. The van der Waals surface area contributed by atoms with E-state index in [1.165, 1.54) is 0 Å². The molecule has 0 unspecified atom stereocenters. The van der Waals surface area contributed by atoms with Gasteiger partial charge in [0.25, 0.3) is 0 Å². The molecule has 2 atom stereocenters. The van der Waals surface area contributed by atoms with Gasteiger partial charge in [-0.25, -0.2) is 8.42 Å². The molecule has 1 aliphatic rings. The Kier molecular flexibility index (Phi) is 5.86. The van der Waals surface area contributed by atoms with Crippen molar-refractivity contribution in [2.75, 3.05) is 6.61 Å². The molecular weight excluding hydrogens is 396 g/mol. The van der Waals surface area contributed by atoms with Crippen molar-refractivity contribution in [1.29, 1.82) is 0 Å². The van der Waals surface area contributed by atoms with Crippen LogP contribution in [-0.4, -0.2) is 26.2 Å². The Balaban J connectivity index is 1.99. The number of benzene rings is 3. The minimum atomic E-state index is -3.83. The van der Waals surface area contributed by atoms with E-state index in [1.54, 1.807) is 24.3 Å². The number of hydrogen-bond acceptors (Lipinski definition) is 4. The summed E-state index contributed by atoms with van der Waals surface area (Å²) in [5.41, 5.74) is 3.25. The van der Waals surface area contributed by atoms with Crippen LogP contribution in [0, 0.1) is 6.92 Å². The Hall–Kier alpha value is -2.73. The van der Waals surface area contributed by atoms with Gasteiger partial charge in [-0.15, -0.1) is 0 Å². The topological polar surface area (TPSA) is 63.6 Å². The van der Waals surface area contributed by atoms with Crippen LogP contribution < -0.4 is 0 Å². The predicted molar refractivity (Wildman–Crippen MR) is 117 cm³/mol. The zero-order valence-corrected chi connectivity index (χ0v) is 17.5. The molecule has 0 fully saturated rings. The van der Waals surface area contributed by atoms with E-state index in [-0.39, 0.29) is 16.4 Å². The molecule has 3 aromatic rings. The lowest BCUT2D eigenvalue weighted by Gasteiger charge is -2.34. The Morgan fingerprint density at radius 1 is 0.900 bits per heavy atom. The standard InChI is InChI=1S/C25H24O4S/c1-18-12-14-22(15-13-18)30(27,28)25-23(19-8-4-2-5-9-19)16-21(17-26)29-24(25)20-10-6-3-7-11-20/h2-15,21,24,26H,16-17H2,1H3/t21-,24+/m0/s1. The second-order valence-electron chi connectivity index (χ2n) is 7.46. The molecule has 4 rings (SSSR count). The van der Waals surface area contributed by atoms with E-state index in [0.717, 1.165) is 16.7 Å². The van der Waals surface area contributed by atoms with Crippen molar-refractivity contribution >= 4 is 15.4 Å². The van der Waals surface area contributed by atoms with Gasteiger partial charge in [-0.05, 0) is 35.8 Å². The quantitative estimate of drug-likeness (QED) is 0.650. The molecule has 0 saturated heterocycles. The van der Waals surface area contributed by atoms with Crippen molar-refractivity contribution in [3.05, 3.63) is 107 Å². The van der Waals surface area contributed by atoms with Crippen LogP contribution in [0.4, 0.5) is 0 Å². The Labute approximate surface area is 177 Å². The van der Waals surface area contributed by atoms with E-state index in [9.17, 15) is 13.5 Å². The molecule has 154 valence electrons. The first kappa shape index (κ1) is 20.5. The predicted octanol–water partition coefficient (Wildman–Crippen LogP) is 4.70. The molecule has 30 heavy (non-hydrogen) atoms. The van der Waals surface area contributed by atoms with Crippen LogP contribution in [0.2, 0.25) is 0 Å². The van der Waals surface area contributed by atoms with Crippen molar-refractivity contribution < 1.29 is 18.3 Å². The van der Waals surface area contributed by atoms with Crippen LogP contribution in [0.1, 0.15) is 29.2 Å². The third-order valence-electron chi connectivity index (χ3n) is 5.34. The maximum absolute atomic E-state index is 13.9. The van der Waals surface area contributed by atoms with Crippen molar-refractivity contribution in [2.24, 2.45) is 0 Å². The number of sulfone groups is 1. The van der Waals surface area contributed by atoms with E-state index >= 15 is 0 Å². The summed E-state index contributed by atoms with van der Waals surface area (Å²) in [6.07, 6.45) is -0.953. The summed E-state index contributed by atoms with van der Waals surface area (Å²) in [6, 6.07) is 25.7. The van der Waals surface area contributed by atoms with E-state index in [1.807, 2.05) is 67.6 Å². The lowest BCUT2D eigenvalue weighted by Crippen LogP contribution is -2.30. The minimum Gasteiger partial charge on any atom is -0.394 e. The average molecular weight is 421 g/mol. The molecule has 0 spiro atoms. The molecule has 0 bridgehead atoms. The van der Waals surface area contributed by atoms with Gasteiger partial charge >= 0.3 is 0 Å². The molecule has 5 heteroatoms. The molecular formula is C25H24O4S. The van der Waals surface area contributed by atoms with Crippen LogP contribution in [0.15, 0.2) is 94.7 Å². The summed E-state index contributed by atoms with van der Waals surface area (Å²) in [6.45, 7) is 1.74. The number of aliphatic hydroxyl groups excluding tert-OH is 1. The normalized spacial score (nSPS) is 19.7. The Morgan fingerprint density at radius 3 is 2.10 bits per heavy atom. The first-order chi connectivity index (χ1) is 14.5. The highest BCUT2D eigenvalue weighted by molar-refractivity contribution is 7.95. The van der Waals surface area contributed by atoms with Crippen molar-refractivity contribution in [3.8, 4) is 0 Å². The third-order valence-corrected chi connectivity index (χ3v) is 7.28. The molecule has 0 aliphatic carbocycles. The van der Waals surface area contributed by atoms with Crippen LogP contribution in [0.3, 0.4) is 0 Å². The van der Waals surface area contributed by atoms with Crippen molar-refractivity contribution in [1.82, 2.24) is 0 Å². The molecule has 1 aliphatic heterocycles. The van der Waals surface area contributed by atoms with Crippen LogP contribution in [0.25, 0.3) is 5.57 Å². The number of aryl methyl sites for hydroxylation is 1.